The third-order valence-corrected chi connectivity index (χ3v) is 2.64. The Labute approximate surface area is 114 Å². The Balaban J connectivity index is 2.11. The number of aromatic nitrogens is 1. The quantitative estimate of drug-likeness (QED) is 0.671. The van der Waals surface area contributed by atoms with Crippen molar-refractivity contribution in [2.24, 2.45) is 0 Å². The van der Waals surface area contributed by atoms with Crippen molar-refractivity contribution in [3.8, 4) is 5.75 Å². The first kappa shape index (κ1) is 13.7. The number of methoxy groups -OCH3 is 1. The summed E-state index contributed by atoms with van der Waals surface area (Å²) in [4.78, 5) is 14.2. The number of hydrogen-bond donors (Lipinski definition) is 1. The minimum atomic E-state index is -0.502. The summed E-state index contributed by atoms with van der Waals surface area (Å²) in [7, 11) is 1.38. The maximum Gasteiger partial charge on any atom is 0.311 e. The van der Waals surface area contributed by atoms with Gasteiger partial charge in [0.05, 0.1) is 18.2 Å². The molecule has 1 heterocycles. The number of halogens is 1. The number of pyridine rings is 1. The van der Waals surface area contributed by atoms with Gasteiger partial charge in [-0.05, 0) is 23.8 Å². The monoisotopic (exact) mass is 277 g/mol. The van der Waals surface area contributed by atoms with Gasteiger partial charge in [-0.1, -0.05) is 6.07 Å². The van der Waals surface area contributed by atoms with Crippen LogP contribution in [-0.4, -0.2) is 17.0 Å². The molecule has 0 fully saturated rings. The third kappa shape index (κ3) is 3.19. The Hall–Kier alpha value is -2.70. The minimum absolute atomic E-state index is 0.0983. The van der Waals surface area contributed by atoms with Gasteiger partial charge in [-0.15, -0.1) is 0 Å². The molecular formula is C13H12FN3O3. The van der Waals surface area contributed by atoms with Crippen LogP contribution < -0.4 is 10.1 Å². The van der Waals surface area contributed by atoms with Crippen LogP contribution in [0.15, 0.2) is 36.5 Å². The molecule has 0 saturated heterocycles. The molecule has 104 valence electrons. The Bertz CT molecular complexity index is 617. The molecule has 7 heteroatoms. The van der Waals surface area contributed by atoms with Gasteiger partial charge >= 0.3 is 5.69 Å². The first-order chi connectivity index (χ1) is 9.60. The number of nitro benzene ring substituents is 1. The lowest BCUT2D eigenvalue weighted by molar-refractivity contribution is -0.385. The van der Waals surface area contributed by atoms with E-state index in [1.165, 1.54) is 31.4 Å². The third-order valence-electron chi connectivity index (χ3n) is 2.64. The Morgan fingerprint density at radius 3 is 2.80 bits per heavy atom. The normalized spacial score (nSPS) is 10.1. The van der Waals surface area contributed by atoms with Crippen molar-refractivity contribution in [1.82, 2.24) is 4.98 Å². The van der Waals surface area contributed by atoms with E-state index in [9.17, 15) is 14.5 Å². The molecule has 0 unspecified atom stereocenters. The predicted molar refractivity (Wildman–Crippen MR) is 71.2 cm³/mol. The summed E-state index contributed by atoms with van der Waals surface area (Å²) >= 11 is 0. The summed E-state index contributed by atoms with van der Waals surface area (Å²) in [5.41, 5.74) is 0.600. The van der Waals surface area contributed by atoms with Crippen LogP contribution in [0, 0.1) is 15.9 Å². The van der Waals surface area contributed by atoms with Crippen LogP contribution in [0.4, 0.5) is 15.9 Å². The average Bonchev–Trinajstić information content (AvgIpc) is 2.46. The smallest absolute Gasteiger partial charge is 0.311 e. The lowest BCUT2D eigenvalue weighted by Crippen LogP contribution is -2.02. The van der Waals surface area contributed by atoms with E-state index in [1.807, 2.05) is 0 Å². The fourth-order valence-electron chi connectivity index (χ4n) is 1.66. The van der Waals surface area contributed by atoms with Crippen molar-refractivity contribution >= 4 is 11.5 Å². The zero-order valence-electron chi connectivity index (χ0n) is 10.7. The zero-order valence-corrected chi connectivity index (χ0v) is 10.7. The van der Waals surface area contributed by atoms with E-state index in [2.05, 4.69) is 10.3 Å². The van der Waals surface area contributed by atoms with E-state index < -0.39 is 10.7 Å². The standard InChI is InChI=1S/C13H12FN3O3/c1-20-12-4-2-9(6-11(12)17(18)19)7-15-13-5-3-10(14)8-16-13/h2-6,8H,7H2,1H3,(H,15,16). The van der Waals surface area contributed by atoms with Crippen molar-refractivity contribution in [3.63, 3.8) is 0 Å². The van der Waals surface area contributed by atoms with Gasteiger partial charge in [-0.25, -0.2) is 9.37 Å². The summed E-state index contributed by atoms with van der Waals surface area (Å²) in [6.45, 7) is 0.337. The molecule has 20 heavy (non-hydrogen) atoms. The molecule has 0 atom stereocenters. The molecule has 0 spiro atoms. The summed E-state index contributed by atoms with van der Waals surface area (Å²) in [5, 5.41) is 13.8. The number of benzene rings is 1. The SMILES string of the molecule is COc1ccc(CNc2ccc(F)cn2)cc1[N+](=O)[O-]. The number of hydrogen-bond acceptors (Lipinski definition) is 5. The summed E-state index contributed by atoms with van der Waals surface area (Å²) in [6, 6.07) is 7.45. The van der Waals surface area contributed by atoms with Gasteiger partial charge in [0.1, 0.15) is 11.6 Å². The highest BCUT2D eigenvalue weighted by Crippen LogP contribution is 2.27. The van der Waals surface area contributed by atoms with Crippen LogP contribution in [0.1, 0.15) is 5.56 Å². The molecular weight excluding hydrogens is 265 g/mol. The molecule has 0 radical (unpaired) electrons. The molecule has 2 rings (SSSR count). The van der Waals surface area contributed by atoms with E-state index >= 15 is 0 Å². The van der Waals surface area contributed by atoms with Gasteiger partial charge in [-0.2, -0.15) is 0 Å². The molecule has 6 nitrogen and oxygen atoms in total. The highest BCUT2D eigenvalue weighted by Gasteiger charge is 2.14. The van der Waals surface area contributed by atoms with E-state index in [0.29, 0.717) is 17.9 Å². The van der Waals surface area contributed by atoms with Gasteiger partial charge in [-0.3, -0.25) is 10.1 Å². The molecule has 0 aliphatic heterocycles. The maximum absolute atomic E-state index is 12.7. The predicted octanol–water partition coefficient (Wildman–Crippen LogP) is 2.75. The van der Waals surface area contributed by atoms with Gasteiger partial charge < -0.3 is 10.1 Å². The highest BCUT2D eigenvalue weighted by atomic mass is 19.1. The van der Waals surface area contributed by atoms with Crippen LogP contribution in [-0.2, 0) is 6.54 Å². The number of ether oxygens (including phenoxy) is 1. The highest BCUT2D eigenvalue weighted by molar-refractivity contribution is 5.49. The van der Waals surface area contributed by atoms with Gasteiger partial charge in [0, 0.05) is 12.6 Å². The fourth-order valence-corrected chi connectivity index (χ4v) is 1.66. The zero-order chi connectivity index (χ0) is 14.5. The second-order valence-corrected chi connectivity index (χ2v) is 3.98. The maximum atomic E-state index is 12.7. The van der Waals surface area contributed by atoms with E-state index in [-0.39, 0.29) is 11.4 Å². The van der Waals surface area contributed by atoms with Crippen LogP contribution in [0.2, 0.25) is 0 Å². The Kier molecular flexibility index (Phi) is 4.09. The Morgan fingerprint density at radius 1 is 1.40 bits per heavy atom. The van der Waals surface area contributed by atoms with Crippen LogP contribution in [0.5, 0.6) is 5.75 Å². The summed E-state index contributed by atoms with van der Waals surface area (Å²) in [5.74, 6) is 0.277. The second-order valence-electron chi connectivity index (χ2n) is 3.98. The minimum Gasteiger partial charge on any atom is -0.490 e. The molecule has 1 N–H and O–H groups in total. The number of rotatable bonds is 5. The first-order valence-electron chi connectivity index (χ1n) is 5.77. The summed E-state index contributed by atoms with van der Waals surface area (Å²) in [6.07, 6.45) is 1.10. The van der Waals surface area contributed by atoms with E-state index in [4.69, 9.17) is 4.74 Å². The van der Waals surface area contributed by atoms with Crippen LogP contribution in [0.3, 0.4) is 0 Å². The number of anilines is 1. The molecule has 0 aliphatic carbocycles. The van der Waals surface area contributed by atoms with Crippen molar-refractivity contribution in [2.75, 3.05) is 12.4 Å². The van der Waals surface area contributed by atoms with Crippen molar-refractivity contribution < 1.29 is 14.1 Å². The van der Waals surface area contributed by atoms with Crippen LogP contribution in [0.25, 0.3) is 0 Å². The molecule has 0 bridgehead atoms. The summed E-state index contributed by atoms with van der Waals surface area (Å²) < 4.78 is 17.6. The van der Waals surface area contributed by atoms with Crippen molar-refractivity contribution in [1.29, 1.82) is 0 Å². The van der Waals surface area contributed by atoms with Crippen LogP contribution >= 0.6 is 0 Å². The topological polar surface area (TPSA) is 77.3 Å². The second kappa shape index (κ2) is 5.96. The average molecular weight is 277 g/mol. The number of nitrogens with one attached hydrogen (secondary N) is 1. The van der Waals surface area contributed by atoms with E-state index in [0.717, 1.165) is 6.20 Å². The lowest BCUT2D eigenvalue weighted by Gasteiger charge is -2.07. The fraction of sp³-hybridized carbons (Fsp3) is 0.154. The van der Waals surface area contributed by atoms with Gasteiger partial charge in [0.25, 0.3) is 0 Å². The molecule has 2 aromatic rings. The van der Waals surface area contributed by atoms with Gasteiger partial charge in [0.2, 0.25) is 0 Å². The molecule has 0 amide bonds. The first-order valence-corrected chi connectivity index (χ1v) is 5.77. The van der Waals surface area contributed by atoms with Gasteiger partial charge in [0.15, 0.2) is 5.75 Å². The lowest BCUT2D eigenvalue weighted by atomic mass is 10.2. The number of nitrogens with zero attached hydrogens (tertiary/aromatic N) is 2. The van der Waals surface area contributed by atoms with Crippen molar-refractivity contribution in [3.05, 3.63) is 58.0 Å². The number of nitro groups is 1. The molecule has 1 aromatic heterocycles. The molecule has 0 saturated carbocycles. The van der Waals surface area contributed by atoms with E-state index in [1.54, 1.807) is 6.07 Å². The molecule has 1 aromatic carbocycles. The Morgan fingerprint density at radius 2 is 2.20 bits per heavy atom. The van der Waals surface area contributed by atoms with Crippen molar-refractivity contribution in [2.45, 2.75) is 6.54 Å². The molecule has 0 aliphatic rings. The largest absolute Gasteiger partial charge is 0.490 e.